The summed E-state index contributed by atoms with van der Waals surface area (Å²) >= 11 is 0. The topological polar surface area (TPSA) is 49.3 Å². The van der Waals surface area contributed by atoms with Crippen LogP contribution in [0.25, 0.3) is 0 Å². The van der Waals surface area contributed by atoms with Crippen LogP contribution in [0.15, 0.2) is 0 Å². The lowest BCUT2D eigenvalue weighted by molar-refractivity contribution is -0.122. The maximum atomic E-state index is 11.6. The van der Waals surface area contributed by atoms with Crippen molar-refractivity contribution in [3.63, 3.8) is 0 Å². The monoisotopic (exact) mass is 241 g/mol. The molecule has 0 saturated heterocycles. The Balaban J connectivity index is 2.10. The normalized spacial score (nSPS) is 24.6. The number of carbonyl (C=O) groups excluding carboxylic acids is 1. The zero-order valence-electron chi connectivity index (χ0n) is 11.1. The number of nitrogens with one attached hydrogen (secondary N) is 1. The number of unbranched alkanes of at least 4 members (excludes halogenated alkanes) is 2. The van der Waals surface area contributed by atoms with Crippen LogP contribution in [0, 0.1) is 5.92 Å². The summed E-state index contributed by atoms with van der Waals surface area (Å²) in [6, 6.07) is 0.388. The van der Waals surface area contributed by atoms with E-state index >= 15 is 0 Å². The molecule has 0 aromatic carbocycles. The zero-order chi connectivity index (χ0) is 12.5. The van der Waals surface area contributed by atoms with Crippen molar-refractivity contribution in [2.45, 2.75) is 70.8 Å². The molecule has 1 saturated carbocycles. The molecule has 17 heavy (non-hydrogen) atoms. The van der Waals surface area contributed by atoms with E-state index in [4.69, 9.17) is 5.11 Å². The van der Waals surface area contributed by atoms with Gasteiger partial charge in [0.1, 0.15) is 0 Å². The standard InChI is InChI=1S/C14H27NO2/c1-2-3-4-5-14(17)15-13-8-6-12(7-9-13)10-11-16/h12-13,16H,2-11H2,1H3,(H,15,17). The minimum atomic E-state index is 0.226. The van der Waals surface area contributed by atoms with Crippen molar-refractivity contribution in [2.75, 3.05) is 6.61 Å². The summed E-state index contributed by atoms with van der Waals surface area (Å²) in [6.07, 6.45) is 9.43. The van der Waals surface area contributed by atoms with Crippen LogP contribution in [0.1, 0.15) is 64.7 Å². The van der Waals surface area contributed by atoms with Gasteiger partial charge < -0.3 is 10.4 Å². The number of amides is 1. The largest absolute Gasteiger partial charge is 0.396 e. The highest BCUT2D eigenvalue weighted by Crippen LogP contribution is 2.26. The van der Waals surface area contributed by atoms with Crippen LogP contribution in [0.3, 0.4) is 0 Å². The van der Waals surface area contributed by atoms with Gasteiger partial charge in [0.15, 0.2) is 0 Å². The number of aliphatic hydroxyl groups is 1. The van der Waals surface area contributed by atoms with Crippen molar-refractivity contribution in [1.82, 2.24) is 5.32 Å². The van der Waals surface area contributed by atoms with Crippen LogP contribution in [0.5, 0.6) is 0 Å². The third kappa shape index (κ3) is 6.06. The lowest BCUT2D eigenvalue weighted by Crippen LogP contribution is -2.37. The molecule has 0 unspecified atom stereocenters. The van der Waals surface area contributed by atoms with Gasteiger partial charge in [-0.2, -0.15) is 0 Å². The highest BCUT2D eigenvalue weighted by molar-refractivity contribution is 5.76. The molecule has 0 spiro atoms. The van der Waals surface area contributed by atoms with E-state index in [1.54, 1.807) is 0 Å². The van der Waals surface area contributed by atoms with Crippen molar-refractivity contribution in [2.24, 2.45) is 5.92 Å². The molecule has 0 aromatic heterocycles. The maximum absolute atomic E-state index is 11.6. The summed E-state index contributed by atoms with van der Waals surface area (Å²) in [5, 5.41) is 12.0. The van der Waals surface area contributed by atoms with Gasteiger partial charge in [-0.25, -0.2) is 0 Å². The van der Waals surface area contributed by atoms with Crippen molar-refractivity contribution in [3.8, 4) is 0 Å². The molecule has 0 radical (unpaired) electrons. The Morgan fingerprint density at radius 1 is 1.24 bits per heavy atom. The maximum Gasteiger partial charge on any atom is 0.220 e. The Morgan fingerprint density at radius 2 is 1.94 bits per heavy atom. The van der Waals surface area contributed by atoms with E-state index in [1.165, 1.54) is 6.42 Å². The molecule has 1 fully saturated rings. The first-order valence-corrected chi connectivity index (χ1v) is 7.16. The third-order valence-electron chi connectivity index (χ3n) is 3.76. The van der Waals surface area contributed by atoms with E-state index in [0.29, 0.717) is 25.0 Å². The van der Waals surface area contributed by atoms with Crippen molar-refractivity contribution in [3.05, 3.63) is 0 Å². The molecule has 3 heteroatoms. The summed E-state index contributed by atoms with van der Waals surface area (Å²) < 4.78 is 0. The van der Waals surface area contributed by atoms with Crippen LogP contribution in [0.2, 0.25) is 0 Å². The molecule has 0 aliphatic heterocycles. The summed E-state index contributed by atoms with van der Waals surface area (Å²) in [5.41, 5.74) is 0. The van der Waals surface area contributed by atoms with Gasteiger partial charge in [-0.15, -0.1) is 0 Å². The minimum absolute atomic E-state index is 0.226. The average molecular weight is 241 g/mol. The van der Waals surface area contributed by atoms with Gasteiger partial charge in [0, 0.05) is 19.1 Å². The van der Waals surface area contributed by atoms with E-state index in [0.717, 1.165) is 44.9 Å². The van der Waals surface area contributed by atoms with Crippen LogP contribution in [0.4, 0.5) is 0 Å². The number of aliphatic hydroxyl groups excluding tert-OH is 1. The Morgan fingerprint density at radius 3 is 2.53 bits per heavy atom. The van der Waals surface area contributed by atoms with E-state index in [9.17, 15) is 4.79 Å². The molecule has 1 aliphatic carbocycles. The van der Waals surface area contributed by atoms with Crippen LogP contribution in [-0.4, -0.2) is 23.7 Å². The van der Waals surface area contributed by atoms with E-state index in [-0.39, 0.29) is 5.91 Å². The Hall–Kier alpha value is -0.570. The lowest BCUT2D eigenvalue weighted by Gasteiger charge is -2.28. The van der Waals surface area contributed by atoms with Crippen LogP contribution in [-0.2, 0) is 4.79 Å². The highest BCUT2D eigenvalue weighted by Gasteiger charge is 2.21. The molecule has 3 nitrogen and oxygen atoms in total. The number of hydrogen-bond acceptors (Lipinski definition) is 2. The number of rotatable bonds is 7. The first-order chi connectivity index (χ1) is 8.26. The second-order valence-corrected chi connectivity index (χ2v) is 5.25. The zero-order valence-corrected chi connectivity index (χ0v) is 11.1. The van der Waals surface area contributed by atoms with Gasteiger partial charge in [-0.05, 0) is 44.4 Å². The molecule has 0 aromatic rings. The molecule has 1 rings (SSSR count). The molecule has 0 bridgehead atoms. The first-order valence-electron chi connectivity index (χ1n) is 7.16. The smallest absolute Gasteiger partial charge is 0.220 e. The fraction of sp³-hybridized carbons (Fsp3) is 0.929. The second kappa shape index (κ2) is 8.51. The number of hydrogen-bond donors (Lipinski definition) is 2. The van der Waals surface area contributed by atoms with Crippen molar-refractivity contribution >= 4 is 5.91 Å². The molecule has 1 aliphatic rings. The summed E-state index contributed by atoms with van der Waals surface area (Å²) in [7, 11) is 0. The fourth-order valence-electron chi connectivity index (χ4n) is 2.61. The van der Waals surface area contributed by atoms with Gasteiger partial charge in [-0.1, -0.05) is 19.8 Å². The van der Waals surface area contributed by atoms with Crippen LogP contribution >= 0.6 is 0 Å². The van der Waals surface area contributed by atoms with Gasteiger partial charge in [0.25, 0.3) is 0 Å². The quantitative estimate of drug-likeness (QED) is 0.673. The van der Waals surface area contributed by atoms with Gasteiger partial charge in [-0.3, -0.25) is 4.79 Å². The fourth-order valence-corrected chi connectivity index (χ4v) is 2.61. The minimum Gasteiger partial charge on any atom is -0.396 e. The summed E-state index contributed by atoms with van der Waals surface area (Å²) in [4.78, 5) is 11.6. The SMILES string of the molecule is CCCCCC(=O)NC1CCC(CCO)CC1. The predicted molar refractivity (Wildman–Crippen MR) is 69.7 cm³/mol. The lowest BCUT2D eigenvalue weighted by atomic mass is 9.84. The summed E-state index contributed by atoms with van der Waals surface area (Å²) in [6.45, 7) is 2.46. The van der Waals surface area contributed by atoms with Crippen molar-refractivity contribution < 1.29 is 9.90 Å². The Kier molecular flexibility index (Phi) is 7.25. The van der Waals surface area contributed by atoms with E-state index in [1.807, 2.05) is 0 Å². The highest BCUT2D eigenvalue weighted by atomic mass is 16.3. The molecule has 2 N–H and O–H groups in total. The van der Waals surface area contributed by atoms with Crippen LogP contribution < -0.4 is 5.32 Å². The third-order valence-corrected chi connectivity index (χ3v) is 3.76. The first kappa shape index (κ1) is 14.5. The van der Waals surface area contributed by atoms with Gasteiger partial charge in [0.2, 0.25) is 5.91 Å². The predicted octanol–water partition coefficient (Wildman–Crippen LogP) is 2.62. The Labute approximate surface area is 105 Å². The van der Waals surface area contributed by atoms with Gasteiger partial charge in [0.05, 0.1) is 0 Å². The van der Waals surface area contributed by atoms with E-state index in [2.05, 4.69) is 12.2 Å². The molecule has 1 amide bonds. The summed E-state index contributed by atoms with van der Waals surface area (Å²) in [5.74, 6) is 0.900. The number of carbonyl (C=O) groups is 1. The molecule has 0 atom stereocenters. The molecular formula is C14H27NO2. The Bertz CT molecular complexity index is 210. The molecule has 100 valence electrons. The van der Waals surface area contributed by atoms with E-state index < -0.39 is 0 Å². The molecular weight excluding hydrogens is 214 g/mol. The average Bonchev–Trinajstić information content (AvgIpc) is 2.32. The molecule has 0 heterocycles. The van der Waals surface area contributed by atoms with Gasteiger partial charge >= 0.3 is 0 Å². The second-order valence-electron chi connectivity index (χ2n) is 5.25. The van der Waals surface area contributed by atoms with Crippen molar-refractivity contribution in [1.29, 1.82) is 0 Å².